The van der Waals surface area contributed by atoms with Crippen molar-refractivity contribution in [2.45, 2.75) is 32.1 Å². The molecule has 2 aromatic carbocycles. The van der Waals surface area contributed by atoms with Crippen LogP contribution in [-0.2, 0) is 6.42 Å². The molecule has 2 rings (SSSR count). The maximum atomic E-state index is 6.10. The van der Waals surface area contributed by atoms with E-state index >= 15 is 0 Å². The molecule has 0 aliphatic rings. The standard InChI is InChI=1S/C20H27NO2/c1-14(2)15-9-10-20(23-4)18(12-15)17(13-21)11-16-7-5-6-8-19(16)22-3/h5-10,12,14,17H,11,13,21H2,1-4H3. The van der Waals surface area contributed by atoms with E-state index in [9.17, 15) is 0 Å². The van der Waals surface area contributed by atoms with Crippen molar-refractivity contribution in [3.63, 3.8) is 0 Å². The average Bonchev–Trinajstić information content (AvgIpc) is 2.59. The summed E-state index contributed by atoms with van der Waals surface area (Å²) in [4.78, 5) is 0. The van der Waals surface area contributed by atoms with Crippen molar-refractivity contribution in [1.82, 2.24) is 0 Å². The van der Waals surface area contributed by atoms with Crippen LogP contribution in [0.2, 0.25) is 0 Å². The van der Waals surface area contributed by atoms with Crippen LogP contribution < -0.4 is 15.2 Å². The van der Waals surface area contributed by atoms with E-state index in [1.807, 2.05) is 18.2 Å². The van der Waals surface area contributed by atoms with Crippen molar-refractivity contribution < 1.29 is 9.47 Å². The summed E-state index contributed by atoms with van der Waals surface area (Å²) in [7, 11) is 3.42. The van der Waals surface area contributed by atoms with Gasteiger partial charge in [0.2, 0.25) is 0 Å². The van der Waals surface area contributed by atoms with Gasteiger partial charge in [-0.1, -0.05) is 44.2 Å². The van der Waals surface area contributed by atoms with Gasteiger partial charge in [-0.15, -0.1) is 0 Å². The van der Waals surface area contributed by atoms with E-state index in [0.717, 1.165) is 17.9 Å². The van der Waals surface area contributed by atoms with Crippen molar-refractivity contribution in [3.05, 3.63) is 59.2 Å². The number of para-hydroxylation sites is 1. The number of methoxy groups -OCH3 is 2. The van der Waals surface area contributed by atoms with Crippen molar-refractivity contribution in [2.75, 3.05) is 20.8 Å². The summed E-state index contributed by atoms with van der Waals surface area (Å²) in [6.45, 7) is 4.96. The van der Waals surface area contributed by atoms with Crippen LogP contribution in [-0.4, -0.2) is 20.8 Å². The van der Waals surface area contributed by atoms with E-state index in [0.29, 0.717) is 12.5 Å². The van der Waals surface area contributed by atoms with Crippen LogP contribution in [0, 0.1) is 0 Å². The molecule has 2 aromatic rings. The lowest BCUT2D eigenvalue weighted by Gasteiger charge is -2.21. The third kappa shape index (κ3) is 4.05. The number of nitrogens with two attached hydrogens (primary N) is 1. The van der Waals surface area contributed by atoms with Gasteiger partial charge in [0.15, 0.2) is 0 Å². The minimum atomic E-state index is 0.194. The fourth-order valence-corrected chi connectivity index (χ4v) is 2.89. The molecule has 0 saturated carbocycles. The monoisotopic (exact) mass is 313 g/mol. The Balaban J connectivity index is 2.38. The molecule has 3 nitrogen and oxygen atoms in total. The molecule has 0 fully saturated rings. The fraction of sp³-hybridized carbons (Fsp3) is 0.400. The van der Waals surface area contributed by atoms with Gasteiger partial charge >= 0.3 is 0 Å². The molecule has 0 amide bonds. The molecule has 0 spiro atoms. The summed E-state index contributed by atoms with van der Waals surface area (Å²) in [5, 5.41) is 0. The second kappa shape index (κ2) is 8.02. The predicted molar refractivity (Wildman–Crippen MR) is 95.6 cm³/mol. The Kier molecular flexibility index (Phi) is 6.05. The number of rotatable bonds is 7. The van der Waals surface area contributed by atoms with Crippen LogP contribution >= 0.6 is 0 Å². The summed E-state index contributed by atoms with van der Waals surface area (Å²) < 4.78 is 11.0. The highest BCUT2D eigenvalue weighted by Gasteiger charge is 2.18. The molecule has 0 heterocycles. The van der Waals surface area contributed by atoms with Crippen LogP contribution in [0.5, 0.6) is 11.5 Å². The van der Waals surface area contributed by atoms with Gasteiger partial charge in [0.25, 0.3) is 0 Å². The largest absolute Gasteiger partial charge is 0.496 e. The first-order chi connectivity index (χ1) is 11.1. The normalized spacial score (nSPS) is 12.3. The van der Waals surface area contributed by atoms with Gasteiger partial charge in [-0.2, -0.15) is 0 Å². The zero-order chi connectivity index (χ0) is 16.8. The first kappa shape index (κ1) is 17.4. The van der Waals surface area contributed by atoms with Gasteiger partial charge in [-0.05, 0) is 47.7 Å². The van der Waals surface area contributed by atoms with Gasteiger partial charge in [-0.25, -0.2) is 0 Å². The highest BCUT2D eigenvalue weighted by molar-refractivity contribution is 5.43. The average molecular weight is 313 g/mol. The Labute approximate surface area is 139 Å². The second-order valence-corrected chi connectivity index (χ2v) is 6.10. The predicted octanol–water partition coefficient (Wildman–Crippen LogP) is 4.11. The minimum Gasteiger partial charge on any atom is -0.496 e. The Hall–Kier alpha value is -2.00. The summed E-state index contributed by atoms with van der Waals surface area (Å²) >= 11 is 0. The van der Waals surface area contributed by atoms with Gasteiger partial charge in [-0.3, -0.25) is 0 Å². The highest BCUT2D eigenvalue weighted by Crippen LogP contribution is 2.33. The van der Waals surface area contributed by atoms with Crippen LogP contribution in [0.1, 0.15) is 42.4 Å². The van der Waals surface area contributed by atoms with E-state index in [2.05, 4.69) is 38.1 Å². The Bertz CT molecular complexity index is 637. The quantitative estimate of drug-likeness (QED) is 0.836. The van der Waals surface area contributed by atoms with Crippen LogP contribution in [0.25, 0.3) is 0 Å². The second-order valence-electron chi connectivity index (χ2n) is 6.10. The fourth-order valence-electron chi connectivity index (χ4n) is 2.89. The molecule has 0 radical (unpaired) electrons. The molecule has 0 aliphatic carbocycles. The van der Waals surface area contributed by atoms with Crippen molar-refractivity contribution in [2.24, 2.45) is 5.73 Å². The van der Waals surface area contributed by atoms with Crippen LogP contribution in [0.3, 0.4) is 0 Å². The van der Waals surface area contributed by atoms with Crippen molar-refractivity contribution >= 4 is 0 Å². The molecule has 124 valence electrons. The third-order valence-electron chi connectivity index (χ3n) is 4.30. The van der Waals surface area contributed by atoms with E-state index in [-0.39, 0.29) is 5.92 Å². The lowest BCUT2D eigenvalue weighted by Crippen LogP contribution is -2.16. The van der Waals surface area contributed by atoms with Gasteiger partial charge in [0.1, 0.15) is 11.5 Å². The van der Waals surface area contributed by atoms with Crippen LogP contribution in [0.15, 0.2) is 42.5 Å². The van der Waals surface area contributed by atoms with E-state index in [4.69, 9.17) is 15.2 Å². The molecule has 0 aromatic heterocycles. The minimum absolute atomic E-state index is 0.194. The number of benzene rings is 2. The first-order valence-electron chi connectivity index (χ1n) is 8.10. The molecule has 0 saturated heterocycles. The molecule has 0 aliphatic heterocycles. The molecule has 0 bridgehead atoms. The number of hydrogen-bond acceptors (Lipinski definition) is 3. The molecule has 1 unspecified atom stereocenters. The van der Waals surface area contributed by atoms with Crippen LogP contribution in [0.4, 0.5) is 0 Å². The number of hydrogen-bond donors (Lipinski definition) is 1. The highest BCUT2D eigenvalue weighted by atomic mass is 16.5. The summed E-state index contributed by atoms with van der Waals surface area (Å²) in [6.07, 6.45) is 0.832. The van der Waals surface area contributed by atoms with E-state index in [1.165, 1.54) is 16.7 Å². The molecule has 23 heavy (non-hydrogen) atoms. The molecule has 2 N–H and O–H groups in total. The molecular formula is C20H27NO2. The zero-order valence-corrected chi connectivity index (χ0v) is 14.5. The maximum Gasteiger partial charge on any atom is 0.122 e. The lowest BCUT2D eigenvalue weighted by molar-refractivity contribution is 0.400. The van der Waals surface area contributed by atoms with Gasteiger partial charge < -0.3 is 15.2 Å². The Morgan fingerprint density at radius 3 is 2.26 bits per heavy atom. The molecular weight excluding hydrogens is 286 g/mol. The Morgan fingerprint density at radius 1 is 0.957 bits per heavy atom. The van der Waals surface area contributed by atoms with E-state index < -0.39 is 0 Å². The number of ether oxygens (including phenoxy) is 2. The first-order valence-corrected chi connectivity index (χ1v) is 8.10. The molecule has 1 atom stereocenters. The summed E-state index contributed by atoms with van der Waals surface area (Å²) in [5.41, 5.74) is 9.74. The zero-order valence-electron chi connectivity index (χ0n) is 14.5. The van der Waals surface area contributed by atoms with Crippen molar-refractivity contribution in [3.8, 4) is 11.5 Å². The SMILES string of the molecule is COc1ccccc1CC(CN)c1cc(C(C)C)ccc1OC. The molecule has 3 heteroatoms. The van der Waals surface area contributed by atoms with Gasteiger partial charge in [0, 0.05) is 5.92 Å². The summed E-state index contributed by atoms with van der Waals surface area (Å²) in [6, 6.07) is 14.5. The summed E-state index contributed by atoms with van der Waals surface area (Å²) in [5.74, 6) is 2.48. The topological polar surface area (TPSA) is 44.5 Å². The lowest BCUT2D eigenvalue weighted by atomic mass is 9.88. The van der Waals surface area contributed by atoms with Crippen molar-refractivity contribution in [1.29, 1.82) is 0 Å². The maximum absolute atomic E-state index is 6.10. The third-order valence-corrected chi connectivity index (χ3v) is 4.30. The van der Waals surface area contributed by atoms with E-state index in [1.54, 1.807) is 14.2 Å². The smallest absolute Gasteiger partial charge is 0.122 e. The van der Waals surface area contributed by atoms with Gasteiger partial charge in [0.05, 0.1) is 14.2 Å². The Morgan fingerprint density at radius 2 is 1.65 bits per heavy atom.